The molecule has 1 aromatic carbocycles. The van der Waals surface area contributed by atoms with Crippen molar-refractivity contribution in [3.05, 3.63) is 30.3 Å². The van der Waals surface area contributed by atoms with Crippen molar-refractivity contribution in [2.45, 2.75) is 26.3 Å². The van der Waals surface area contributed by atoms with Crippen LogP contribution in [0.3, 0.4) is 0 Å². The van der Waals surface area contributed by atoms with E-state index >= 15 is 0 Å². The van der Waals surface area contributed by atoms with Crippen molar-refractivity contribution in [1.29, 1.82) is 0 Å². The number of carbonyl (C=O) groups excluding carboxylic acids is 1. The molecule has 0 radical (unpaired) electrons. The van der Waals surface area contributed by atoms with Gasteiger partial charge < -0.3 is 15.0 Å². The number of carbonyl (C=O) groups is 1. The lowest BCUT2D eigenvalue weighted by atomic mass is 10.0. The highest BCUT2D eigenvalue weighted by Gasteiger charge is 2.15. The van der Waals surface area contributed by atoms with Gasteiger partial charge in [-0.15, -0.1) is 0 Å². The van der Waals surface area contributed by atoms with Crippen LogP contribution in [0.2, 0.25) is 0 Å². The summed E-state index contributed by atoms with van der Waals surface area (Å²) >= 11 is 0. The number of rotatable bonds is 6. The van der Waals surface area contributed by atoms with Crippen LogP contribution in [0.4, 0.5) is 4.79 Å². The van der Waals surface area contributed by atoms with Crippen molar-refractivity contribution in [1.82, 2.24) is 10.2 Å². The first-order chi connectivity index (χ1) is 8.99. The Morgan fingerprint density at radius 2 is 1.89 bits per heavy atom. The molecule has 0 aromatic heterocycles. The number of nitrogens with one attached hydrogen (secondary N) is 1. The van der Waals surface area contributed by atoms with E-state index in [1.807, 2.05) is 32.3 Å². The van der Waals surface area contributed by atoms with E-state index in [1.54, 1.807) is 12.1 Å². The molecule has 4 heteroatoms. The number of nitrogens with zero attached hydrogens (tertiary/aromatic N) is 1. The van der Waals surface area contributed by atoms with Gasteiger partial charge >= 0.3 is 6.09 Å². The molecular weight excluding hydrogens is 240 g/mol. The van der Waals surface area contributed by atoms with Gasteiger partial charge in [0.2, 0.25) is 0 Å². The molecular formula is C15H24N2O2. The molecule has 0 aliphatic carbocycles. The molecule has 0 saturated carbocycles. The second-order valence-electron chi connectivity index (χ2n) is 5.33. The lowest BCUT2D eigenvalue weighted by Gasteiger charge is -2.26. The van der Waals surface area contributed by atoms with E-state index in [-0.39, 0.29) is 0 Å². The van der Waals surface area contributed by atoms with Crippen molar-refractivity contribution in [2.24, 2.45) is 5.92 Å². The van der Waals surface area contributed by atoms with Gasteiger partial charge in [-0.2, -0.15) is 0 Å². The highest BCUT2D eigenvalue weighted by molar-refractivity contribution is 5.70. The Bertz CT molecular complexity index is 377. The van der Waals surface area contributed by atoms with Crippen LogP contribution in [-0.2, 0) is 0 Å². The summed E-state index contributed by atoms with van der Waals surface area (Å²) in [6, 6.07) is 9.40. The van der Waals surface area contributed by atoms with Gasteiger partial charge in [0.15, 0.2) is 0 Å². The summed E-state index contributed by atoms with van der Waals surface area (Å²) in [6.07, 6.45) is 0.639. The minimum Gasteiger partial charge on any atom is -0.410 e. The molecule has 0 heterocycles. The highest BCUT2D eigenvalue weighted by Crippen LogP contribution is 2.10. The molecule has 0 fully saturated rings. The number of para-hydroxylation sites is 1. The van der Waals surface area contributed by atoms with Gasteiger partial charge in [0.1, 0.15) is 5.75 Å². The number of ether oxygens (including phenoxy) is 1. The smallest absolute Gasteiger partial charge is 0.410 e. The number of amides is 1. The summed E-state index contributed by atoms with van der Waals surface area (Å²) in [4.78, 5) is 13.8. The number of likely N-dealkylation sites (N-methyl/N-ethyl adjacent to an activating group) is 1. The number of benzene rings is 1. The minimum atomic E-state index is -0.401. The van der Waals surface area contributed by atoms with Gasteiger partial charge in [0.05, 0.1) is 0 Å². The molecule has 0 spiro atoms. The Morgan fingerprint density at radius 3 is 2.42 bits per heavy atom. The standard InChI is InChI=1S/C15H24N2O2/c1-12(2)10-13(17(3)4)11-16-15(18)19-14-8-6-5-7-9-14/h5-9,12-13H,10-11H2,1-4H3,(H,16,18). The Morgan fingerprint density at radius 1 is 1.26 bits per heavy atom. The molecule has 1 rings (SSSR count). The molecule has 1 amide bonds. The Kier molecular flexibility index (Phi) is 6.36. The zero-order valence-corrected chi connectivity index (χ0v) is 12.2. The first-order valence-electron chi connectivity index (χ1n) is 6.66. The van der Waals surface area contributed by atoms with E-state index in [1.165, 1.54) is 0 Å². The predicted octanol–water partition coefficient (Wildman–Crippen LogP) is 2.75. The van der Waals surface area contributed by atoms with Crippen LogP contribution in [0, 0.1) is 5.92 Å². The fourth-order valence-corrected chi connectivity index (χ4v) is 1.85. The molecule has 0 aliphatic heterocycles. The lowest BCUT2D eigenvalue weighted by Crippen LogP contribution is -2.41. The fraction of sp³-hybridized carbons (Fsp3) is 0.533. The van der Waals surface area contributed by atoms with Crippen LogP contribution in [0.25, 0.3) is 0 Å². The fourth-order valence-electron chi connectivity index (χ4n) is 1.85. The van der Waals surface area contributed by atoms with Gasteiger partial charge in [-0.3, -0.25) is 0 Å². The minimum absolute atomic E-state index is 0.323. The van der Waals surface area contributed by atoms with E-state index < -0.39 is 6.09 Å². The van der Waals surface area contributed by atoms with Crippen LogP contribution in [-0.4, -0.2) is 37.7 Å². The second-order valence-corrected chi connectivity index (χ2v) is 5.33. The number of hydrogen-bond donors (Lipinski definition) is 1. The van der Waals surface area contributed by atoms with E-state index in [4.69, 9.17) is 4.74 Å². The van der Waals surface area contributed by atoms with E-state index in [0.29, 0.717) is 24.3 Å². The van der Waals surface area contributed by atoms with E-state index in [2.05, 4.69) is 24.1 Å². The van der Waals surface area contributed by atoms with Crippen molar-refractivity contribution in [3.63, 3.8) is 0 Å². The molecule has 0 saturated heterocycles. The quantitative estimate of drug-likeness (QED) is 0.859. The first-order valence-corrected chi connectivity index (χ1v) is 6.66. The maximum atomic E-state index is 11.7. The summed E-state index contributed by atoms with van der Waals surface area (Å²) in [6.45, 7) is 4.95. The summed E-state index contributed by atoms with van der Waals surface area (Å²) in [7, 11) is 4.05. The zero-order chi connectivity index (χ0) is 14.3. The largest absolute Gasteiger partial charge is 0.412 e. The van der Waals surface area contributed by atoms with Gasteiger partial charge in [-0.25, -0.2) is 4.79 Å². The molecule has 0 bridgehead atoms. The molecule has 1 aromatic rings. The molecule has 4 nitrogen and oxygen atoms in total. The summed E-state index contributed by atoms with van der Waals surface area (Å²) in [5, 5.41) is 2.82. The second kappa shape index (κ2) is 7.79. The normalized spacial score (nSPS) is 12.5. The lowest BCUT2D eigenvalue weighted by molar-refractivity contribution is 0.190. The predicted molar refractivity (Wildman–Crippen MR) is 77.4 cm³/mol. The molecule has 1 atom stereocenters. The van der Waals surface area contributed by atoms with Gasteiger partial charge in [-0.1, -0.05) is 32.0 Å². The summed E-state index contributed by atoms with van der Waals surface area (Å²) in [5.41, 5.74) is 0. The maximum Gasteiger partial charge on any atom is 0.412 e. The third-order valence-electron chi connectivity index (χ3n) is 2.91. The van der Waals surface area contributed by atoms with Crippen molar-refractivity contribution < 1.29 is 9.53 Å². The van der Waals surface area contributed by atoms with E-state index in [0.717, 1.165) is 6.42 Å². The Balaban J connectivity index is 2.39. The number of hydrogen-bond acceptors (Lipinski definition) is 3. The van der Waals surface area contributed by atoms with Crippen LogP contribution < -0.4 is 10.1 Å². The maximum absolute atomic E-state index is 11.7. The van der Waals surface area contributed by atoms with Crippen LogP contribution in [0.15, 0.2) is 30.3 Å². The molecule has 1 N–H and O–H groups in total. The Hall–Kier alpha value is -1.55. The van der Waals surface area contributed by atoms with E-state index in [9.17, 15) is 4.79 Å². The topological polar surface area (TPSA) is 41.6 Å². The highest BCUT2D eigenvalue weighted by atomic mass is 16.6. The van der Waals surface area contributed by atoms with Crippen molar-refractivity contribution in [2.75, 3.05) is 20.6 Å². The van der Waals surface area contributed by atoms with Crippen molar-refractivity contribution in [3.8, 4) is 5.75 Å². The third kappa shape index (κ3) is 6.25. The SMILES string of the molecule is CC(C)CC(CNC(=O)Oc1ccccc1)N(C)C. The van der Waals surface area contributed by atoms with Gasteiger partial charge in [0, 0.05) is 12.6 Å². The molecule has 0 aliphatic rings. The van der Waals surface area contributed by atoms with Crippen molar-refractivity contribution >= 4 is 6.09 Å². The Labute approximate surface area is 115 Å². The zero-order valence-electron chi connectivity index (χ0n) is 12.2. The first kappa shape index (κ1) is 15.5. The summed E-state index contributed by atoms with van der Waals surface area (Å²) in [5.74, 6) is 1.16. The average Bonchev–Trinajstić information content (AvgIpc) is 2.35. The molecule has 1 unspecified atom stereocenters. The average molecular weight is 264 g/mol. The van der Waals surface area contributed by atoms with Crippen LogP contribution in [0.1, 0.15) is 20.3 Å². The van der Waals surface area contributed by atoms with Gasteiger partial charge in [-0.05, 0) is 38.6 Å². The van der Waals surface area contributed by atoms with Crippen LogP contribution >= 0.6 is 0 Å². The van der Waals surface area contributed by atoms with Gasteiger partial charge in [0.25, 0.3) is 0 Å². The van der Waals surface area contributed by atoms with Crippen LogP contribution in [0.5, 0.6) is 5.75 Å². The monoisotopic (exact) mass is 264 g/mol. The summed E-state index contributed by atoms with van der Waals surface area (Å²) < 4.78 is 5.18. The third-order valence-corrected chi connectivity index (χ3v) is 2.91. The molecule has 106 valence electrons. The molecule has 19 heavy (non-hydrogen) atoms.